The van der Waals surface area contributed by atoms with Gasteiger partial charge in [0.25, 0.3) is 5.91 Å². The molecule has 0 aliphatic carbocycles. The summed E-state index contributed by atoms with van der Waals surface area (Å²) in [6.45, 7) is 6.70. The number of carbonyl (C=O) groups is 1. The molecule has 1 N–H and O–H groups in total. The van der Waals surface area contributed by atoms with Crippen molar-refractivity contribution in [3.63, 3.8) is 0 Å². The van der Waals surface area contributed by atoms with Gasteiger partial charge in [-0.2, -0.15) is 10.2 Å². The third-order valence-electron chi connectivity index (χ3n) is 5.27. The van der Waals surface area contributed by atoms with Crippen molar-refractivity contribution in [2.24, 2.45) is 5.10 Å². The molecular weight excluding hydrogens is 445 g/mol. The van der Waals surface area contributed by atoms with Crippen LogP contribution in [-0.4, -0.2) is 26.9 Å². The van der Waals surface area contributed by atoms with Crippen LogP contribution >= 0.6 is 23.2 Å². The summed E-state index contributed by atoms with van der Waals surface area (Å²) in [4.78, 5) is 17.8. The number of hydrogen-bond donors (Lipinski definition) is 1. The van der Waals surface area contributed by atoms with E-state index in [0.717, 1.165) is 34.4 Å². The number of rotatable bonds is 5. The minimum Gasteiger partial charge on any atom is -0.269 e. The van der Waals surface area contributed by atoms with Gasteiger partial charge in [-0.1, -0.05) is 47.5 Å². The fraction of sp³-hybridized carbons (Fsp3) is 0.167. The maximum absolute atomic E-state index is 13.1. The number of fused-ring (bicyclic) bond motifs is 1. The first-order chi connectivity index (χ1) is 15.4. The average molecular weight is 466 g/mol. The van der Waals surface area contributed by atoms with Gasteiger partial charge in [0.05, 0.1) is 38.7 Å². The van der Waals surface area contributed by atoms with E-state index in [4.69, 9.17) is 28.2 Å². The van der Waals surface area contributed by atoms with E-state index in [-0.39, 0.29) is 5.91 Å². The molecule has 0 radical (unpaired) electrons. The Bertz CT molecular complexity index is 1360. The number of halogens is 2. The van der Waals surface area contributed by atoms with Crippen LogP contribution in [0, 0.1) is 13.8 Å². The zero-order chi connectivity index (χ0) is 22.8. The lowest BCUT2D eigenvalue weighted by Gasteiger charge is -2.09. The highest BCUT2D eigenvalue weighted by Gasteiger charge is 2.15. The summed E-state index contributed by atoms with van der Waals surface area (Å²) >= 11 is 12.2. The van der Waals surface area contributed by atoms with Crippen LogP contribution in [0.15, 0.2) is 53.6 Å². The molecule has 0 atom stereocenters. The molecule has 0 unspecified atom stereocenters. The van der Waals surface area contributed by atoms with Crippen molar-refractivity contribution in [3.8, 4) is 11.3 Å². The van der Waals surface area contributed by atoms with E-state index in [2.05, 4.69) is 15.6 Å². The Balaban J connectivity index is 1.69. The van der Waals surface area contributed by atoms with Gasteiger partial charge < -0.3 is 0 Å². The number of hydrogen-bond acceptors (Lipinski definition) is 4. The highest BCUT2D eigenvalue weighted by Crippen LogP contribution is 2.30. The number of nitrogens with zero attached hydrogens (tertiary/aromatic N) is 4. The third-order valence-corrected chi connectivity index (χ3v) is 6.01. The molecule has 2 aromatic heterocycles. The Morgan fingerprint density at radius 1 is 1.12 bits per heavy atom. The van der Waals surface area contributed by atoms with Gasteiger partial charge in [0.1, 0.15) is 0 Å². The lowest BCUT2D eigenvalue weighted by molar-refractivity contribution is 0.0956. The Morgan fingerprint density at radius 3 is 2.62 bits per heavy atom. The number of pyridine rings is 1. The number of amides is 1. The standard InChI is InChI=1S/C24H21Cl2N5O/c1-4-31-15(3)19(14(2)30-31)13-27-29-24(32)18-12-23(16-9-10-20(25)21(26)11-16)28-22-8-6-5-7-17(18)22/h5-13H,4H2,1-3H3,(H,29,32)/b27-13+. The van der Waals surface area contributed by atoms with Gasteiger partial charge in [-0.05, 0) is 45.0 Å². The Hall–Kier alpha value is -3.22. The van der Waals surface area contributed by atoms with Crippen molar-refractivity contribution in [1.29, 1.82) is 0 Å². The molecule has 0 saturated carbocycles. The van der Waals surface area contributed by atoms with Crippen LogP contribution in [0.25, 0.3) is 22.2 Å². The number of benzene rings is 2. The fourth-order valence-corrected chi connectivity index (χ4v) is 3.89. The summed E-state index contributed by atoms with van der Waals surface area (Å²) in [7, 11) is 0. The predicted octanol–water partition coefficient (Wildman–Crippen LogP) is 5.81. The number of aryl methyl sites for hydroxylation is 2. The molecule has 4 aromatic rings. The molecule has 2 heterocycles. The topological polar surface area (TPSA) is 72.2 Å². The van der Waals surface area contributed by atoms with Crippen molar-refractivity contribution < 1.29 is 4.79 Å². The van der Waals surface area contributed by atoms with Gasteiger partial charge in [0, 0.05) is 28.8 Å². The molecule has 8 heteroatoms. The molecule has 0 bridgehead atoms. The third kappa shape index (κ3) is 4.24. The quantitative estimate of drug-likeness (QED) is 0.298. The van der Waals surface area contributed by atoms with Gasteiger partial charge in [0.15, 0.2) is 0 Å². The molecule has 0 aliphatic heterocycles. The first-order valence-electron chi connectivity index (χ1n) is 10.1. The minimum absolute atomic E-state index is 0.334. The largest absolute Gasteiger partial charge is 0.272 e. The summed E-state index contributed by atoms with van der Waals surface area (Å²) in [5, 5.41) is 10.3. The van der Waals surface area contributed by atoms with E-state index in [0.29, 0.717) is 26.8 Å². The van der Waals surface area contributed by atoms with Crippen molar-refractivity contribution in [2.75, 3.05) is 0 Å². The molecule has 0 spiro atoms. The second kappa shape index (κ2) is 9.10. The monoisotopic (exact) mass is 465 g/mol. The Morgan fingerprint density at radius 2 is 1.91 bits per heavy atom. The molecule has 2 aromatic carbocycles. The van der Waals surface area contributed by atoms with Crippen LogP contribution < -0.4 is 5.43 Å². The van der Waals surface area contributed by atoms with Gasteiger partial charge in [-0.25, -0.2) is 10.4 Å². The zero-order valence-corrected chi connectivity index (χ0v) is 19.4. The van der Waals surface area contributed by atoms with Gasteiger partial charge >= 0.3 is 0 Å². The van der Waals surface area contributed by atoms with Crippen LogP contribution in [0.4, 0.5) is 0 Å². The van der Waals surface area contributed by atoms with E-state index in [1.807, 2.05) is 55.8 Å². The summed E-state index contributed by atoms with van der Waals surface area (Å²) in [5.74, 6) is -0.334. The number of carbonyl (C=O) groups excluding carboxylic acids is 1. The van der Waals surface area contributed by atoms with Crippen molar-refractivity contribution in [1.82, 2.24) is 20.2 Å². The SMILES string of the molecule is CCn1nc(C)c(/C=N/NC(=O)c2cc(-c3ccc(Cl)c(Cl)c3)nc3ccccc23)c1C. The minimum atomic E-state index is -0.334. The molecule has 0 saturated heterocycles. The van der Waals surface area contributed by atoms with Gasteiger partial charge in [-0.15, -0.1) is 0 Å². The number of nitrogens with one attached hydrogen (secondary N) is 1. The molecule has 32 heavy (non-hydrogen) atoms. The van der Waals surface area contributed by atoms with E-state index in [1.165, 1.54) is 0 Å². The first-order valence-corrected chi connectivity index (χ1v) is 10.9. The maximum atomic E-state index is 13.1. The smallest absolute Gasteiger partial charge is 0.269 e. The lowest BCUT2D eigenvalue weighted by Crippen LogP contribution is -2.18. The number of hydrazone groups is 1. The van der Waals surface area contributed by atoms with E-state index < -0.39 is 0 Å². The lowest BCUT2D eigenvalue weighted by atomic mass is 10.0. The van der Waals surface area contributed by atoms with Crippen LogP contribution in [-0.2, 0) is 6.54 Å². The van der Waals surface area contributed by atoms with Crippen molar-refractivity contribution in [3.05, 3.63) is 81.1 Å². The molecule has 0 aliphatic rings. The summed E-state index contributed by atoms with van der Waals surface area (Å²) in [5.41, 5.74) is 7.93. The van der Waals surface area contributed by atoms with Crippen LogP contribution in [0.1, 0.15) is 34.2 Å². The first kappa shape index (κ1) is 22.0. The summed E-state index contributed by atoms with van der Waals surface area (Å²) < 4.78 is 1.90. The van der Waals surface area contributed by atoms with Crippen LogP contribution in [0.3, 0.4) is 0 Å². The maximum Gasteiger partial charge on any atom is 0.272 e. The highest BCUT2D eigenvalue weighted by molar-refractivity contribution is 6.42. The second-order valence-electron chi connectivity index (χ2n) is 7.30. The molecule has 6 nitrogen and oxygen atoms in total. The molecule has 0 fully saturated rings. The van der Waals surface area contributed by atoms with Gasteiger partial charge in [0.2, 0.25) is 0 Å². The fourth-order valence-electron chi connectivity index (χ4n) is 3.59. The Kier molecular flexibility index (Phi) is 6.26. The molecule has 162 valence electrons. The summed E-state index contributed by atoms with van der Waals surface area (Å²) in [6, 6.07) is 14.5. The average Bonchev–Trinajstić information content (AvgIpc) is 3.07. The van der Waals surface area contributed by atoms with Gasteiger partial charge in [-0.3, -0.25) is 9.48 Å². The van der Waals surface area contributed by atoms with E-state index in [1.54, 1.807) is 24.4 Å². The van der Waals surface area contributed by atoms with Crippen LogP contribution in [0.5, 0.6) is 0 Å². The van der Waals surface area contributed by atoms with E-state index in [9.17, 15) is 4.79 Å². The summed E-state index contributed by atoms with van der Waals surface area (Å²) in [6.07, 6.45) is 1.63. The zero-order valence-electron chi connectivity index (χ0n) is 17.9. The number of aromatic nitrogens is 3. The highest BCUT2D eigenvalue weighted by atomic mass is 35.5. The molecular formula is C24H21Cl2N5O. The molecule has 4 rings (SSSR count). The van der Waals surface area contributed by atoms with Crippen LogP contribution in [0.2, 0.25) is 10.0 Å². The van der Waals surface area contributed by atoms with Crippen molar-refractivity contribution >= 4 is 46.2 Å². The molecule has 1 amide bonds. The second-order valence-corrected chi connectivity index (χ2v) is 8.11. The van der Waals surface area contributed by atoms with Crippen molar-refractivity contribution in [2.45, 2.75) is 27.3 Å². The Labute approximate surface area is 195 Å². The predicted molar refractivity (Wildman–Crippen MR) is 130 cm³/mol. The number of para-hydroxylation sites is 1. The normalized spacial score (nSPS) is 11.4. The van der Waals surface area contributed by atoms with E-state index >= 15 is 0 Å².